The van der Waals surface area contributed by atoms with Gasteiger partial charge in [0.05, 0.1) is 5.56 Å². The number of benzene rings is 2. The van der Waals surface area contributed by atoms with Crippen molar-refractivity contribution in [2.24, 2.45) is 0 Å². The van der Waals surface area contributed by atoms with Gasteiger partial charge in [-0.1, -0.05) is 18.1 Å². The van der Waals surface area contributed by atoms with Crippen LogP contribution in [0.1, 0.15) is 21.5 Å². The molecule has 0 radical (unpaired) electrons. The van der Waals surface area contributed by atoms with E-state index in [1.807, 2.05) is 0 Å². The lowest BCUT2D eigenvalue weighted by molar-refractivity contribution is -0.137. The van der Waals surface area contributed by atoms with E-state index < -0.39 is 17.6 Å². The summed E-state index contributed by atoms with van der Waals surface area (Å²) < 4.78 is 44.1. The number of carbonyl (C=O) groups is 1. The Labute approximate surface area is 159 Å². The Bertz CT molecular complexity index is 1060. The Morgan fingerprint density at radius 3 is 2.61 bits per heavy atom. The topological polar surface area (TPSA) is 51.2 Å². The van der Waals surface area contributed by atoms with E-state index in [-0.39, 0.29) is 17.2 Å². The lowest BCUT2D eigenvalue weighted by Crippen LogP contribution is -2.13. The van der Waals surface area contributed by atoms with Gasteiger partial charge in [0, 0.05) is 17.4 Å². The molecule has 140 valence electrons. The van der Waals surface area contributed by atoms with Gasteiger partial charge in [-0.2, -0.15) is 13.2 Å². The highest BCUT2D eigenvalue weighted by Crippen LogP contribution is 2.33. The molecule has 0 fully saturated rings. The summed E-state index contributed by atoms with van der Waals surface area (Å²) in [4.78, 5) is 16.6. The molecule has 1 N–H and O–H groups in total. The second-order valence-corrected chi connectivity index (χ2v) is 5.66. The number of pyridine rings is 1. The third kappa shape index (κ3) is 4.48. The van der Waals surface area contributed by atoms with E-state index in [2.05, 4.69) is 16.2 Å². The number of anilines is 1. The lowest BCUT2D eigenvalue weighted by atomic mass is 10.2. The number of nitrogens with zero attached hydrogens (tertiary/aromatic N) is 1. The highest BCUT2D eigenvalue weighted by atomic mass is 19.4. The predicted octanol–water partition coefficient (Wildman–Crippen LogP) is 5.13. The van der Waals surface area contributed by atoms with Gasteiger partial charge in [-0.3, -0.25) is 4.79 Å². The second-order valence-electron chi connectivity index (χ2n) is 5.66. The maximum Gasteiger partial charge on any atom is 0.416 e. The van der Waals surface area contributed by atoms with Gasteiger partial charge in [0.2, 0.25) is 5.88 Å². The number of terminal acetylenes is 1. The summed E-state index contributed by atoms with van der Waals surface area (Å²) in [6.45, 7) is 0. The minimum Gasteiger partial charge on any atom is -0.438 e. The van der Waals surface area contributed by atoms with Crippen molar-refractivity contribution >= 4 is 11.6 Å². The number of halogens is 3. The van der Waals surface area contributed by atoms with E-state index in [0.717, 1.165) is 12.1 Å². The molecule has 0 aliphatic heterocycles. The van der Waals surface area contributed by atoms with E-state index in [1.54, 1.807) is 24.3 Å². The van der Waals surface area contributed by atoms with Crippen molar-refractivity contribution in [3.8, 4) is 24.0 Å². The number of hydrogen-bond acceptors (Lipinski definition) is 3. The molecular formula is C21H13F3N2O2. The Morgan fingerprint density at radius 2 is 1.86 bits per heavy atom. The fourth-order valence-corrected chi connectivity index (χ4v) is 2.38. The highest BCUT2D eigenvalue weighted by Gasteiger charge is 2.30. The number of amides is 1. The van der Waals surface area contributed by atoms with Crippen molar-refractivity contribution in [1.82, 2.24) is 4.98 Å². The number of ether oxygens (including phenoxy) is 1. The van der Waals surface area contributed by atoms with Crippen LogP contribution in [0.2, 0.25) is 0 Å². The molecular weight excluding hydrogens is 369 g/mol. The summed E-state index contributed by atoms with van der Waals surface area (Å²) in [5.74, 6) is 1.72. The molecule has 1 aromatic heterocycles. The Hall–Kier alpha value is -3.79. The predicted molar refractivity (Wildman–Crippen MR) is 98.1 cm³/mol. The molecule has 0 saturated heterocycles. The number of nitrogens with one attached hydrogen (secondary N) is 1. The summed E-state index contributed by atoms with van der Waals surface area (Å²) in [5, 5.41) is 2.66. The third-order valence-corrected chi connectivity index (χ3v) is 3.68. The van der Waals surface area contributed by atoms with E-state index in [1.165, 1.54) is 30.5 Å². The van der Waals surface area contributed by atoms with E-state index >= 15 is 0 Å². The van der Waals surface area contributed by atoms with Gasteiger partial charge >= 0.3 is 6.18 Å². The maximum absolute atomic E-state index is 12.9. The van der Waals surface area contributed by atoms with Gasteiger partial charge < -0.3 is 10.1 Å². The number of hydrogen-bond donors (Lipinski definition) is 1. The van der Waals surface area contributed by atoms with Crippen LogP contribution in [0.25, 0.3) is 0 Å². The monoisotopic (exact) mass is 382 g/mol. The van der Waals surface area contributed by atoms with Gasteiger partial charge in [0.15, 0.2) is 0 Å². The number of rotatable bonds is 4. The zero-order valence-electron chi connectivity index (χ0n) is 14.3. The molecule has 1 heterocycles. The standard InChI is InChI=1S/C21H13F3N2O2/c1-2-14-6-3-8-16(12-14)26-19(27)18-10-5-11-25-20(18)28-17-9-4-7-15(13-17)21(22,23)24/h1,3-13H,(H,26,27). The van der Waals surface area contributed by atoms with Crippen LogP contribution >= 0.6 is 0 Å². The summed E-state index contributed by atoms with van der Waals surface area (Å²) >= 11 is 0. The van der Waals surface area contributed by atoms with Crippen LogP contribution in [0, 0.1) is 12.3 Å². The van der Waals surface area contributed by atoms with Crippen molar-refractivity contribution < 1.29 is 22.7 Å². The van der Waals surface area contributed by atoms with Crippen molar-refractivity contribution in [2.75, 3.05) is 5.32 Å². The first-order valence-electron chi connectivity index (χ1n) is 8.05. The smallest absolute Gasteiger partial charge is 0.416 e. The third-order valence-electron chi connectivity index (χ3n) is 3.68. The molecule has 0 atom stereocenters. The first-order chi connectivity index (χ1) is 13.4. The van der Waals surface area contributed by atoms with Gasteiger partial charge in [-0.25, -0.2) is 4.98 Å². The van der Waals surface area contributed by atoms with Crippen molar-refractivity contribution in [3.05, 3.63) is 83.6 Å². The van der Waals surface area contributed by atoms with Gasteiger partial charge in [0.25, 0.3) is 5.91 Å². The molecule has 0 bridgehead atoms. The number of alkyl halides is 3. The van der Waals surface area contributed by atoms with Gasteiger partial charge in [-0.15, -0.1) is 6.42 Å². The van der Waals surface area contributed by atoms with Crippen molar-refractivity contribution in [2.45, 2.75) is 6.18 Å². The first-order valence-corrected chi connectivity index (χ1v) is 8.05. The van der Waals surface area contributed by atoms with Crippen LogP contribution in [-0.4, -0.2) is 10.9 Å². The molecule has 0 unspecified atom stereocenters. The zero-order valence-corrected chi connectivity index (χ0v) is 14.3. The zero-order chi connectivity index (χ0) is 20.1. The average molecular weight is 382 g/mol. The summed E-state index contributed by atoms with van der Waals surface area (Å²) in [7, 11) is 0. The molecule has 2 aromatic carbocycles. The van der Waals surface area contributed by atoms with Crippen molar-refractivity contribution in [3.63, 3.8) is 0 Å². The fourth-order valence-electron chi connectivity index (χ4n) is 2.38. The second kappa shape index (κ2) is 7.84. The van der Waals surface area contributed by atoms with Crippen LogP contribution in [0.5, 0.6) is 11.6 Å². The Balaban J connectivity index is 1.85. The quantitative estimate of drug-likeness (QED) is 0.637. The first kappa shape index (κ1) is 19.0. The van der Waals surface area contributed by atoms with Gasteiger partial charge in [0.1, 0.15) is 11.3 Å². The fraction of sp³-hybridized carbons (Fsp3) is 0.0476. The van der Waals surface area contributed by atoms with Crippen LogP contribution in [-0.2, 0) is 6.18 Å². The van der Waals surface area contributed by atoms with E-state index in [0.29, 0.717) is 11.3 Å². The van der Waals surface area contributed by atoms with Crippen LogP contribution in [0.3, 0.4) is 0 Å². The summed E-state index contributed by atoms with van der Waals surface area (Å²) in [5.41, 5.74) is 0.253. The van der Waals surface area contributed by atoms with Crippen LogP contribution in [0.4, 0.5) is 18.9 Å². The molecule has 0 aliphatic rings. The molecule has 4 nitrogen and oxygen atoms in total. The average Bonchev–Trinajstić information content (AvgIpc) is 2.68. The largest absolute Gasteiger partial charge is 0.438 e. The van der Waals surface area contributed by atoms with Crippen LogP contribution in [0.15, 0.2) is 66.9 Å². The summed E-state index contributed by atoms with van der Waals surface area (Å²) in [6.07, 6.45) is 2.21. The minimum atomic E-state index is -4.51. The lowest BCUT2D eigenvalue weighted by Gasteiger charge is -2.12. The van der Waals surface area contributed by atoms with Crippen LogP contribution < -0.4 is 10.1 Å². The van der Waals surface area contributed by atoms with Crippen molar-refractivity contribution in [1.29, 1.82) is 0 Å². The van der Waals surface area contributed by atoms with Gasteiger partial charge in [-0.05, 0) is 48.5 Å². The Morgan fingerprint density at radius 1 is 1.07 bits per heavy atom. The number of carbonyl (C=O) groups excluding carboxylic acids is 1. The number of aromatic nitrogens is 1. The molecule has 3 rings (SSSR count). The normalized spacial score (nSPS) is 10.8. The molecule has 3 aromatic rings. The molecule has 0 aliphatic carbocycles. The molecule has 0 saturated carbocycles. The molecule has 0 spiro atoms. The molecule has 7 heteroatoms. The minimum absolute atomic E-state index is 0.0611. The maximum atomic E-state index is 12.9. The summed E-state index contributed by atoms with van der Waals surface area (Å²) in [6, 6.07) is 14.0. The van der Waals surface area contributed by atoms with E-state index in [4.69, 9.17) is 11.2 Å². The Kier molecular flexibility index (Phi) is 5.32. The molecule has 1 amide bonds. The molecule has 28 heavy (non-hydrogen) atoms. The van der Waals surface area contributed by atoms with E-state index in [9.17, 15) is 18.0 Å². The SMILES string of the molecule is C#Cc1cccc(NC(=O)c2cccnc2Oc2cccc(C(F)(F)F)c2)c1. The highest BCUT2D eigenvalue weighted by molar-refractivity contribution is 6.05.